The molecule has 142 valence electrons. The molecule has 1 amide bonds. The van der Waals surface area contributed by atoms with E-state index in [-0.39, 0.29) is 11.4 Å². The Bertz CT molecular complexity index is 925. The number of carbonyl (C=O) groups is 2. The summed E-state index contributed by atoms with van der Waals surface area (Å²) in [5.74, 6) is -1.03. The number of rotatable bonds is 7. The number of hydrogen-bond donors (Lipinski definition) is 1. The molecule has 8 nitrogen and oxygen atoms in total. The number of nitrogens with one attached hydrogen (secondary N) is 1. The van der Waals surface area contributed by atoms with Crippen LogP contribution in [0.1, 0.15) is 15.9 Å². The van der Waals surface area contributed by atoms with Gasteiger partial charge in [0.25, 0.3) is 5.91 Å². The van der Waals surface area contributed by atoms with Crippen LogP contribution in [0.2, 0.25) is 0 Å². The van der Waals surface area contributed by atoms with Crippen molar-refractivity contribution >= 4 is 28.1 Å². The molecule has 0 radical (unpaired) electrons. The number of likely N-dealkylation sites (N-methyl/N-ethyl adjacent to an activating group) is 1. The first kappa shape index (κ1) is 20.3. The van der Waals surface area contributed by atoms with Gasteiger partial charge in [-0.2, -0.15) is 9.41 Å². The van der Waals surface area contributed by atoms with Crippen molar-refractivity contribution in [2.24, 2.45) is 5.10 Å². The highest BCUT2D eigenvalue weighted by Crippen LogP contribution is 2.12. The number of ether oxygens (including phenoxy) is 1. The van der Waals surface area contributed by atoms with Crippen molar-refractivity contribution in [2.45, 2.75) is 4.90 Å². The zero-order chi connectivity index (χ0) is 19.9. The van der Waals surface area contributed by atoms with E-state index >= 15 is 0 Å². The van der Waals surface area contributed by atoms with Gasteiger partial charge < -0.3 is 4.74 Å². The number of amides is 1. The Kier molecular flexibility index (Phi) is 6.80. The van der Waals surface area contributed by atoms with Crippen molar-refractivity contribution in [3.05, 3.63) is 65.7 Å². The summed E-state index contributed by atoms with van der Waals surface area (Å²) in [6.07, 6.45) is 1.38. The highest BCUT2D eigenvalue weighted by atomic mass is 32.2. The van der Waals surface area contributed by atoms with E-state index in [1.807, 2.05) is 0 Å². The molecule has 0 atom stereocenters. The van der Waals surface area contributed by atoms with Crippen LogP contribution in [0.5, 0.6) is 0 Å². The summed E-state index contributed by atoms with van der Waals surface area (Å²) in [6, 6.07) is 14.2. The second kappa shape index (κ2) is 9.06. The summed E-state index contributed by atoms with van der Waals surface area (Å²) in [5, 5.41) is 3.78. The standard InChI is InChI=1S/C18H19N3O5S/c1-21(27(24,25)16-6-4-3-5-7-16)13-17(22)20-19-12-14-8-10-15(11-9-14)18(23)26-2/h3-12H,13H2,1-2H3,(H,20,22)/b19-12-. The molecule has 1 N–H and O–H groups in total. The summed E-state index contributed by atoms with van der Waals surface area (Å²) in [5.41, 5.74) is 3.31. The van der Waals surface area contributed by atoms with Gasteiger partial charge >= 0.3 is 5.97 Å². The average molecular weight is 389 g/mol. The van der Waals surface area contributed by atoms with Gasteiger partial charge in [0.1, 0.15) is 0 Å². The number of nitrogens with zero attached hydrogens (tertiary/aromatic N) is 2. The van der Waals surface area contributed by atoms with Crippen LogP contribution >= 0.6 is 0 Å². The third-order valence-electron chi connectivity index (χ3n) is 3.55. The van der Waals surface area contributed by atoms with Crippen LogP contribution in [-0.4, -0.2) is 51.5 Å². The second-order valence-electron chi connectivity index (χ2n) is 5.48. The average Bonchev–Trinajstić information content (AvgIpc) is 2.68. The first-order valence-electron chi connectivity index (χ1n) is 7.86. The van der Waals surface area contributed by atoms with E-state index in [4.69, 9.17) is 0 Å². The highest BCUT2D eigenvalue weighted by molar-refractivity contribution is 7.89. The molecule has 0 aliphatic carbocycles. The van der Waals surface area contributed by atoms with Gasteiger partial charge in [0.15, 0.2) is 0 Å². The van der Waals surface area contributed by atoms with Crippen LogP contribution in [0.4, 0.5) is 0 Å². The van der Waals surface area contributed by atoms with Gasteiger partial charge in [-0.1, -0.05) is 30.3 Å². The molecule has 0 unspecified atom stereocenters. The van der Waals surface area contributed by atoms with Gasteiger partial charge in [0, 0.05) is 7.05 Å². The zero-order valence-corrected chi connectivity index (χ0v) is 15.6. The molecular weight excluding hydrogens is 370 g/mol. The van der Waals surface area contributed by atoms with E-state index in [1.165, 1.54) is 32.5 Å². The molecule has 0 saturated heterocycles. The van der Waals surface area contributed by atoms with Crippen molar-refractivity contribution in [1.29, 1.82) is 0 Å². The molecule has 0 aromatic heterocycles. The lowest BCUT2D eigenvalue weighted by atomic mass is 10.1. The van der Waals surface area contributed by atoms with Crippen molar-refractivity contribution < 1.29 is 22.7 Å². The molecule has 0 aliphatic heterocycles. The van der Waals surface area contributed by atoms with Crippen LogP contribution in [0.15, 0.2) is 64.6 Å². The number of hydrogen-bond acceptors (Lipinski definition) is 6. The van der Waals surface area contributed by atoms with Crippen LogP contribution in [-0.2, 0) is 19.6 Å². The second-order valence-corrected chi connectivity index (χ2v) is 7.53. The van der Waals surface area contributed by atoms with Gasteiger partial charge in [0.05, 0.1) is 30.3 Å². The lowest BCUT2D eigenvalue weighted by Gasteiger charge is -2.15. The van der Waals surface area contributed by atoms with Gasteiger partial charge in [-0.25, -0.2) is 18.6 Å². The molecule has 27 heavy (non-hydrogen) atoms. The predicted octanol–water partition coefficient (Wildman–Crippen LogP) is 1.24. The maximum atomic E-state index is 12.3. The molecule has 2 aromatic rings. The first-order valence-corrected chi connectivity index (χ1v) is 9.30. The fourth-order valence-electron chi connectivity index (χ4n) is 2.10. The SMILES string of the molecule is COC(=O)c1ccc(/C=N\NC(=O)CN(C)S(=O)(=O)c2ccccc2)cc1. The van der Waals surface area contributed by atoms with E-state index in [1.54, 1.807) is 42.5 Å². The summed E-state index contributed by atoms with van der Waals surface area (Å²) >= 11 is 0. The number of benzene rings is 2. The van der Waals surface area contributed by atoms with E-state index in [0.29, 0.717) is 11.1 Å². The number of hydrazone groups is 1. The van der Waals surface area contributed by atoms with Crippen LogP contribution in [0.3, 0.4) is 0 Å². The van der Waals surface area contributed by atoms with Crippen LogP contribution in [0, 0.1) is 0 Å². The highest BCUT2D eigenvalue weighted by Gasteiger charge is 2.22. The Hall–Kier alpha value is -3.04. The first-order chi connectivity index (χ1) is 12.8. The largest absolute Gasteiger partial charge is 0.465 e. The van der Waals surface area contributed by atoms with Gasteiger partial charge in [-0.15, -0.1) is 0 Å². The Labute approximate surface area is 157 Å². The number of sulfonamides is 1. The maximum absolute atomic E-state index is 12.3. The van der Waals surface area contributed by atoms with Gasteiger partial charge in [0.2, 0.25) is 10.0 Å². The van der Waals surface area contributed by atoms with E-state index < -0.39 is 21.9 Å². The molecule has 0 spiro atoms. The molecule has 0 heterocycles. The molecule has 0 bridgehead atoms. The molecule has 2 rings (SSSR count). The Morgan fingerprint density at radius 3 is 2.33 bits per heavy atom. The third-order valence-corrected chi connectivity index (χ3v) is 5.37. The monoisotopic (exact) mass is 389 g/mol. The van der Waals surface area contributed by atoms with Crippen molar-refractivity contribution in [1.82, 2.24) is 9.73 Å². The fraction of sp³-hybridized carbons (Fsp3) is 0.167. The topological polar surface area (TPSA) is 105 Å². The van der Waals surface area contributed by atoms with Gasteiger partial charge in [-0.3, -0.25) is 4.79 Å². The lowest BCUT2D eigenvalue weighted by Crippen LogP contribution is -2.36. The summed E-state index contributed by atoms with van der Waals surface area (Å²) in [4.78, 5) is 23.4. The van der Waals surface area contributed by atoms with Crippen LogP contribution in [0.25, 0.3) is 0 Å². The molecule has 2 aromatic carbocycles. The number of carbonyl (C=O) groups excluding carboxylic acids is 2. The van der Waals surface area contributed by atoms with Crippen LogP contribution < -0.4 is 5.43 Å². The quantitative estimate of drug-likeness (QED) is 0.436. The Balaban J connectivity index is 1.92. The minimum Gasteiger partial charge on any atom is -0.465 e. The van der Waals surface area contributed by atoms with Gasteiger partial charge in [-0.05, 0) is 29.8 Å². The lowest BCUT2D eigenvalue weighted by molar-refractivity contribution is -0.121. The summed E-state index contributed by atoms with van der Waals surface area (Å²) in [6.45, 7) is -0.379. The number of esters is 1. The molecule has 0 fully saturated rings. The van der Waals surface area contributed by atoms with Crippen molar-refractivity contribution in [2.75, 3.05) is 20.7 Å². The minimum absolute atomic E-state index is 0.106. The number of methoxy groups -OCH3 is 1. The third kappa shape index (κ3) is 5.47. The Morgan fingerprint density at radius 1 is 1.11 bits per heavy atom. The Morgan fingerprint density at radius 2 is 1.74 bits per heavy atom. The van der Waals surface area contributed by atoms with E-state index in [2.05, 4.69) is 15.3 Å². The normalized spacial score (nSPS) is 11.5. The predicted molar refractivity (Wildman–Crippen MR) is 99.8 cm³/mol. The maximum Gasteiger partial charge on any atom is 0.337 e. The summed E-state index contributed by atoms with van der Waals surface area (Å²) in [7, 11) is -1.14. The zero-order valence-electron chi connectivity index (χ0n) is 14.8. The fourth-order valence-corrected chi connectivity index (χ4v) is 3.25. The summed E-state index contributed by atoms with van der Waals surface area (Å²) < 4.78 is 30.2. The van der Waals surface area contributed by atoms with Crippen molar-refractivity contribution in [3.8, 4) is 0 Å². The smallest absolute Gasteiger partial charge is 0.337 e. The molecule has 0 saturated carbocycles. The van der Waals surface area contributed by atoms with E-state index in [0.717, 1.165) is 4.31 Å². The minimum atomic E-state index is -3.75. The molecular formula is C18H19N3O5S. The molecule has 9 heteroatoms. The molecule has 0 aliphatic rings. The van der Waals surface area contributed by atoms with Crippen molar-refractivity contribution in [3.63, 3.8) is 0 Å². The van der Waals surface area contributed by atoms with E-state index in [9.17, 15) is 18.0 Å².